The molecule has 1 unspecified atom stereocenters. The molecule has 1 heterocycles. The van der Waals surface area contributed by atoms with Crippen LogP contribution in [-0.4, -0.2) is 29.5 Å². The van der Waals surface area contributed by atoms with E-state index in [9.17, 15) is 10.1 Å². The summed E-state index contributed by atoms with van der Waals surface area (Å²) in [6, 6.07) is 8.08. The lowest BCUT2D eigenvalue weighted by molar-refractivity contribution is 0.102. The van der Waals surface area contributed by atoms with Gasteiger partial charge in [0.05, 0.1) is 6.07 Å². The minimum absolute atomic E-state index is 0.0494. The van der Waals surface area contributed by atoms with Crippen LogP contribution >= 0.6 is 0 Å². The molecule has 0 aliphatic heterocycles. The lowest BCUT2D eigenvalue weighted by atomic mass is 9.70. The van der Waals surface area contributed by atoms with Crippen LogP contribution in [-0.2, 0) is 5.41 Å². The molecule has 0 amide bonds. The summed E-state index contributed by atoms with van der Waals surface area (Å²) in [6.45, 7) is 14.1. The molecule has 4 rings (SSSR count). The molecule has 162 valence electrons. The van der Waals surface area contributed by atoms with Gasteiger partial charge in [-0.25, -0.2) is 0 Å². The van der Waals surface area contributed by atoms with E-state index in [2.05, 4.69) is 57.9 Å². The maximum absolute atomic E-state index is 13.6. The van der Waals surface area contributed by atoms with Gasteiger partial charge in [0, 0.05) is 45.6 Å². The van der Waals surface area contributed by atoms with Gasteiger partial charge >= 0.3 is 0 Å². The monoisotopic (exact) mass is 417 g/mol. The summed E-state index contributed by atoms with van der Waals surface area (Å²) in [6.07, 6.45) is 2.57. The number of carbonyl (C=O) groups is 1. The van der Waals surface area contributed by atoms with E-state index in [0.717, 1.165) is 51.5 Å². The molecule has 0 radical (unpaired) electrons. The van der Waals surface area contributed by atoms with Gasteiger partial charge in [-0.05, 0) is 68.5 Å². The summed E-state index contributed by atoms with van der Waals surface area (Å²) in [7, 11) is 0. The van der Waals surface area contributed by atoms with Crippen molar-refractivity contribution in [3.63, 3.8) is 0 Å². The van der Waals surface area contributed by atoms with E-state index >= 15 is 0 Å². The van der Waals surface area contributed by atoms with Crippen LogP contribution in [0.2, 0.25) is 0 Å². The van der Waals surface area contributed by atoms with Crippen LogP contribution < -0.4 is 10.1 Å². The number of hydrogen-bond donors (Lipinski definition) is 2. The number of nitrogens with one attached hydrogen (secondary N) is 2. The third kappa shape index (κ3) is 3.70. The fourth-order valence-corrected chi connectivity index (χ4v) is 4.80. The van der Waals surface area contributed by atoms with Gasteiger partial charge in [0.2, 0.25) is 0 Å². The summed E-state index contributed by atoms with van der Waals surface area (Å²) in [5, 5.41) is 12.8. The van der Waals surface area contributed by atoms with Gasteiger partial charge in [-0.2, -0.15) is 5.26 Å². The number of carbonyl (C=O) groups excluding carboxylic acids is 1. The number of rotatable bonds is 4. The molecular formula is C26H31N3O2. The topological polar surface area (TPSA) is 77.9 Å². The highest BCUT2D eigenvalue weighted by molar-refractivity contribution is 6.14. The Morgan fingerprint density at radius 3 is 2.74 bits per heavy atom. The van der Waals surface area contributed by atoms with Gasteiger partial charge in [0.25, 0.3) is 0 Å². The lowest BCUT2D eigenvalue weighted by Gasteiger charge is -2.33. The van der Waals surface area contributed by atoms with Gasteiger partial charge in [-0.15, -0.1) is 0 Å². The Hall–Kier alpha value is -2.84. The number of nitrogens with zero attached hydrogens (tertiary/aromatic N) is 1. The molecule has 1 atom stereocenters. The zero-order valence-corrected chi connectivity index (χ0v) is 19.3. The Kier molecular flexibility index (Phi) is 5.10. The first kappa shape index (κ1) is 21.4. The molecule has 2 N–H and O–H groups in total. The molecule has 1 aromatic carbocycles. The minimum Gasteiger partial charge on any atom is -0.492 e. The summed E-state index contributed by atoms with van der Waals surface area (Å²) >= 11 is 0. The van der Waals surface area contributed by atoms with E-state index in [4.69, 9.17) is 4.74 Å². The van der Waals surface area contributed by atoms with E-state index in [1.807, 2.05) is 24.3 Å². The average molecular weight is 418 g/mol. The number of H-pyrrole nitrogens is 1. The van der Waals surface area contributed by atoms with Gasteiger partial charge in [-0.1, -0.05) is 20.8 Å². The highest BCUT2D eigenvalue weighted by Crippen LogP contribution is 2.47. The van der Waals surface area contributed by atoms with E-state index in [0.29, 0.717) is 13.0 Å². The quantitative estimate of drug-likeness (QED) is 0.681. The maximum atomic E-state index is 13.6. The van der Waals surface area contributed by atoms with Crippen LogP contribution in [0.3, 0.4) is 0 Å². The average Bonchev–Trinajstić information content (AvgIpc) is 3.10. The number of nitriles is 1. The van der Waals surface area contributed by atoms with E-state index in [1.165, 1.54) is 0 Å². The minimum atomic E-state index is -0.376. The first-order valence-electron chi connectivity index (χ1n) is 11.0. The van der Waals surface area contributed by atoms with Crippen LogP contribution in [0.15, 0.2) is 23.8 Å². The Morgan fingerprint density at radius 1 is 1.32 bits per heavy atom. The zero-order chi connectivity index (χ0) is 22.6. The number of ketones is 1. The van der Waals surface area contributed by atoms with Crippen LogP contribution in [0.4, 0.5) is 0 Å². The number of ether oxygens (including phenoxy) is 1. The van der Waals surface area contributed by atoms with Gasteiger partial charge in [0.15, 0.2) is 5.78 Å². The van der Waals surface area contributed by atoms with Crippen LogP contribution in [0.1, 0.15) is 92.3 Å². The number of allylic oxidation sites excluding steroid dienone is 1. The zero-order valence-electron chi connectivity index (χ0n) is 19.3. The van der Waals surface area contributed by atoms with Crippen LogP contribution in [0, 0.1) is 11.3 Å². The molecule has 31 heavy (non-hydrogen) atoms. The summed E-state index contributed by atoms with van der Waals surface area (Å²) in [5.74, 6) is 0.965. The molecule has 2 aliphatic carbocycles. The van der Waals surface area contributed by atoms with E-state index in [1.54, 1.807) is 0 Å². The molecule has 0 spiro atoms. The third-order valence-corrected chi connectivity index (χ3v) is 6.34. The normalized spacial score (nSPS) is 19.1. The summed E-state index contributed by atoms with van der Waals surface area (Å²) in [4.78, 5) is 17.1. The summed E-state index contributed by atoms with van der Waals surface area (Å²) in [5.41, 5.74) is 5.81. The third-order valence-electron chi connectivity index (χ3n) is 6.34. The van der Waals surface area contributed by atoms with Crippen LogP contribution in [0.5, 0.6) is 5.75 Å². The Labute approximate surface area is 184 Å². The predicted molar refractivity (Wildman–Crippen MR) is 123 cm³/mol. The molecule has 5 nitrogen and oxygen atoms in total. The van der Waals surface area contributed by atoms with Gasteiger partial charge < -0.3 is 15.0 Å². The van der Waals surface area contributed by atoms with Crippen molar-refractivity contribution in [2.24, 2.45) is 0 Å². The molecular weight excluding hydrogens is 386 g/mol. The first-order valence-corrected chi connectivity index (χ1v) is 11.0. The van der Waals surface area contributed by atoms with Crippen molar-refractivity contribution in [3.8, 4) is 11.8 Å². The van der Waals surface area contributed by atoms with Crippen LogP contribution in [0.25, 0.3) is 6.08 Å². The number of hydrogen-bond acceptors (Lipinski definition) is 4. The van der Waals surface area contributed by atoms with Crippen molar-refractivity contribution in [2.45, 2.75) is 64.8 Å². The van der Waals surface area contributed by atoms with Crippen molar-refractivity contribution in [1.29, 1.82) is 5.26 Å². The highest BCUT2D eigenvalue weighted by atomic mass is 16.5. The lowest BCUT2D eigenvalue weighted by Crippen LogP contribution is -2.38. The molecule has 2 aliphatic rings. The van der Waals surface area contributed by atoms with E-state index < -0.39 is 0 Å². The molecule has 0 fully saturated rings. The van der Waals surface area contributed by atoms with Crippen molar-refractivity contribution in [1.82, 2.24) is 10.3 Å². The Bertz CT molecular complexity index is 1120. The van der Waals surface area contributed by atoms with Gasteiger partial charge in [0.1, 0.15) is 12.4 Å². The SMILES string of the molecule is CC1CC(C#N)=Cc2[nH]c3c(c21)C(=O)c1ccc(OCCNC(C)(C)C)cc1C3(C)C. The second-order valence-electron chi connectivity index (χ2n) is 10.3. The fraction of sp³-hybridized carbons (Fsp3) is 0.462. The Balaban J connectivity index is 1.69. The van der Waals surface area contributed by atoms with Gasteiger partial charge in [-0.3, -0.25) is 4.79 Å². The molecule has 0 saturated carbocycles. The second-order valence-corrected chi connectivity index (χ2v) is 10.3. The molecule has 0 bridgehead atoms. The molecule has 0 saturated heterocycles. The number of aromatic nitrogens is 1. The number of aromatic amines is 1. The number of fused-ring (bicyclic) bond motifs is 4. The molecule has 1 aromatic heterocycles. The largest absolute Gasteiger partial charge is 0.492 e. The Morgan fingerprint density at radius 2 is 2.06 bits per heavy atom. The van der Waals surface area contributed by atoms with Crippen molar-refractivity contribution < 1.29 is 9.53 Å². The fourth-order valence-electron chi connectivity index (χ4n) is 4.80. The van der Waals surface area contributed by atoms with E-state index in [-0.39, 0.29) is 22.7 Å². The van der Waals surface area contributed by atoms with Crippen molar-refractivity contribution >= 4 is 11.9 Å². The second kappa shape index (κ2) is 7.39. The standard InChI is InChI=1S/C26H31N3O2/c1-15-11-16(14-27)12-20-21(15)22-23(30)18-8-7-17(31-10-9-28-25(2,3)4)13-19(18)26(5,6)24(22)29-20/h7-8,12-13,15,28-29H,9-11H2,1-6H3. The van der Waals surface area contributed by atoms with Crippen molar-refractivity contribution in [3.05, 3.63) is 57.4 Å². The number of benzene rings is 1. The smallest absolute Gasteiger partial charge is 0.195 e. The molecule has 5 heteroatoms. The summed E-state index contributed by atoms with van der Waals surface area (Å²) < 4.78 is 5.98. The highest BCUT2D eigenvalue weighted by Gasteiger charge is 2.42. The van der Waals surface area contributed by atoms with Crippen molar-refractivity contribution in [2.75, 3.05) is 13.2 Å². The maximum Gasteiger partial charge on any atom is 0.195 e. The predicted octanol–water partition coefficient (Wildman–Crippen LogP) is 5.07. The first-order chi connectivity index (χ1) is 14.5. The molecule has 2 aromatic rings.